The lowest BCUT2D eigenvalue weighted by Crippen LogP contribution is -2.07. The predicted octanol–water partition coefficient (Wildman–Crippen LogP) is 4.38. The van der Waals surface area contributed by atoms with Crippen LogP contribution < -0.4 is 15.4 Å². The van der Waals surface area contributed by atoms with Crippen molar-refractivity contribution >= 4 is 40.1 Å². The van der Waals surface area contributed by atoms with Crippen molar-refractivity contribution in [1.29, 1.82) is 0 Å². The van der Waals surface area contributed by atoms with Gasteiger partial charge in [-0.25, -0.2) is 0 Å². The highest BCUT2D eigenvalue weighted by atomic mass is 35.5. The van der Waals surface area contributed by atoms with Gasteiger partial charge in [-0.3, -0.25) is 4.68 Å². The molecule has 0 fully saturated rings. The number of ether oxygens (including phenoxy) is 1. The highest BCUT2D eigenvalue weighted by molar-refractivity contribution is 6.32. The number of nitrogens with zero attached hydrogens (tertiary/aromatic N) is 4. The van der Waals surface area contributed by atoms with E-state index in [2.05, 4.69) is 25.7 Å². The number of fused-ring (bicyclic) bond motifs is 1. The van der Waals surface area contributed by atoms with E-state index < -0.39 is 0 Å². The zero-order valence-electron chi connectivity index (χ0n) is 15.5. The molecule has 2 aromatic heterocycles. The number of methoxy groups -OCH3 is 1. The maximum atomic E-state index is 6.24. The maximum Gasteiger partial charge on any atom is 0.227 e. The summed E-state index contributed by atoms with van der Waals surface area (Å²) in [6.07, 6.45) is 1.74. The van der Waals surface area contributed by atoms with Gasteiger partial charge in [-0.1, -0.05) is 41.9 Å². The van der Waals surface area contributed by atoms with E-state index in [9.17, 15) is 0 Å². The molecule has 0 aliphatic carbocycles. The van der Waals surface area contributed by atoms with E-state index in [4.69, 9.17) is 16.3 Å². The SMILES string of the molecule is COc1ccc(Nc2nc(NCc3ccccc3)nc3c2cnn3C)cc1Cl. The lowest BCUT2D eigenvalue weighted by molar-refractivity contribution is 0.415. The molecule has 142 valence electrons. The van der Waals surface area contributed by atoms with Gasteiger partial charge in [0.2, 0.25) is 5.95 Å². The van der Waals surface area contributed by atoms with E-state index in [1.807, 2.05) is 43.4 Å². The minimum absolute atomic E-state index is 0.516. The van der Waals surface area contributed by atoms with Gasteiger partial charge >= 0.3 is 0 Å². The number of hydrogen-bond acceptors (Lipinski definition) is 6. The first kappa shape index (κ1) is 18.1. The van der Waals surface area contributed by atoms with E-state index in [0.29, 0.717) is 29.1 Å². The third-order valence-corrected chi connectivity index (χ3v) is 4.60. The Hall–Kier alpha value is -3.32. The number of rotatable bonds is 6. The number of halogens is 1. The third-order valence-electron chi connectivity index (χ3n) is 4.30. The normalized spacial score (nSPS) is 10.8. The molecule has 7 nitrogen and oxygen atoms in total. The summed E-state index contributed by atoms with van der Waals surface area (Å²) in [4.78, 5) is 9.23. The van der Waals surface area contributed by atoms with Crippen LogP contribution in [0.1, 0.15) is 5.56 Å². The molecule has 2 heterocycles. The molecule has 28 heavy (non-hydrogen) atoms. The number of anilines is 3. The van der Waals surface area contributed by atoms with Gasteiger partial charge in [0.15, 0.2) is 5.65 Å². The van der Waals surface area contributed by atoms with Crippen LogP contribution >= 0.6 is 11.6 Å². The molecular weight excluding hydrogens is 376 g/mol. The summed E-state index contributed by atoms with van der Waals surface area (Å²) in [6.45, 7) is 0.623. The second kappa shape index (κ2) is 7.74. The lowest BCUT2D eigenvalue weighted by Gasteiger charge is -2.11. The van der Waals surface area contributed by atoms with Gasteiger partial charge in [0.25, 0.3) is 0 Å². The molecule has 0 spiro atoms. The molecule has 0 amide bonds. The fraction of sp³-hybridized carbons (Fsp3) is 0.150. The van der Waals surface area contributed by atoms with Gasteiger partial charge in [-0.05, 0) is 23.8 Å². The maximum absolute atomic E-state index is 6.24. The Kier molecular flexibility index (Phi) is 4.99. The minimum atomic E-state index is 0.516. The number of aryl methyl sites for hydroxylation is 1. The van der Waals surface area contributed by atoms with Crippen molar-refractivity contribution in [2.45, 2.75) is 6.54 Å². The smallest absolute Gasteiger partial charge is 0.227 e. The Morgan fingerprint density at radius 2 is 1.93 bits per heavy atom. The number of hydrogen-bond donors (Lipinski definition) is 2. The van der Waals surface area contributed by atoms with Crippen LogP contribution in [0.3, 0.4) is 0 Å². The van der Waals surface area contributed by atoms with Crippen LogP contribution in [0.15, 0.2) is 54.7 Å². The van der Waals surface area contributed by atoms with Crippen LogP contribution in [-0.2, 0) is 13.6 Å². The van der Waals surface area contributed by atoms with E-state index >= 15 is 0 Å². The summed E-state index contributed by atoms with van der Waals surface area (Å²) >= 11 is 6.24. The van der Waals surface area contributed by atoms with Crippen molar-refractivity contribution in [3.05, 3.63) is 65.3 Å². The molecule has 4 aromatic rings. The summed E-state index contributed by atoms with van der Waals surface area (Å²) in [5, 5.41) is 12.2. The Bertz CT molecular complexity index is 1110. The zero-order valence-corrected chi connectivity index (χ0v) is 16.2. The summed E-state index contributed by atoms with van der Waals surface area (Å²) in [5.41, 5.74) is 2.67. The van der Waals surface area contributed by atoms with Gasteiger partial charge in [-0.2, -0.15) is 15.1 Å². The molecule has 0 aliphatic heterocycles. The topological polar surface area (TPSA) is 76.9 Å². The molecule has 0 atom stereocenters. The molecule has 4 rings (SSSR count). The van der Waals surface area contributed by atoms with Crippen molar-refractivity contribution in [3.8, 4) is 5.75 Å². The standard InChI is InChI=1S/C20H19ClN6O/c1-27-19-15(12-23-27)18(24-14-8-9-17(28-2)16(21)10-14)25-20(26-19)22-11-13-6-4-3-5-7-13/h3-10,12H,11H2,1-2H3,(H2,22,24,25,26). The van der Waals surface area contributed by atoms with Gasteiger partial charge in [0.05, 0.1) is 23.7 Å². The first-order valence-corrected chi connectivity index (χ1v) is 9.10. The average Bonchev–Trinajstić information content (AvgIpc) is 3.09. The predicted molar refractivity (Wildman–Crippen MR) is 111 cm³/mol. The second-order valence-electron chi connectivity index (χ2n) is 6.21. The first-order valence-electron chi connectivity index (χ1n) is 8.72. The van der Waals surface area contributed by atoms with Crippen molar-refractivity contribution in [2.24, 2.45) is 7.05 Å². The molecule has 2 N–H and O–H groups in total. The van der Waals surface area contributed by atoms with Gasteiger partial charge < -0.3 is 15.4 Å². The molecular formula is C20H19ClN6O. The van der Waals surface area contributed by atoms with E-state index in [1.165, 1.54) is 0 Å². The Labute approximate surface area is 167 Å². The fourth-order valence-electron chi connectivity index (χ4n) is 2.85. The number of benzene rings is 2. The third kappa shape index (κ3) is 3.70. The van der Waals surface area contributed by atoms with Crippen LogP contribution in [-0.4, -0.2) is 26.9 Å². The number of nitrogens with one attached hydrogen (secondary N) is 2. The highest BCUT2D eigenvalue weighted by Gasteiger charge is 2.13. The van der Waals surface area contributed by atoms with E-state index in [1.54, 1.807) is 30.1 Å². The fourth-order valence-corrected chi connectivity index (χ4v) is 3.11. The minimum Gasteiger partial charge on any atom is -0.495 e. The van der Waals surface area contributed by atoms with Crippen molar-refractivity contribution in [1.82, 2.24) is 19.7 Å². The molecule has 0 radical (unpaired) electrons. The molecule has 2 aromatic carbocycles. The molecule has 0 unspecified atom stereocenters. The first-order chi connectivity index (χ1) is 13.6. The lowest BCUT2D eigenvalue weighted by atomic mass is 10.2. The molecule has 0 aliphatic rings. The van der Waals surface area contributed by atoms with Crippen LogP contribution in [0.25, 0.3) is 11.0 Å². The molecule has 0 saturated carbocycles. The second-order valence-corrected chi connectivity index (χ2v) is 6.62. The number of aromatic nitrogens is 4. The van der Waals surface area contributed by atoms with Crippen molar-refractivity contribution in [3.63, 3.8) is 0 Å². The monoisotopic (exact) mass is 394 g/mol. The summed E-state index contributed by atoms with van der Waals surface area (Å²) in [6, 6.07) is 15.6. The molecule has 0 saturated heterocycles. The summed E-state index contributed by atoms with van der Waals surface area (Å²) < 4.78 is 6.93. The van der Waals surface area contributed by atoms with Crippen molar-refractivity contribution in [2.75, 3.05) is 17.7 Å². The van der Waals surface area contributed by atoms with Gasteiger partial charge in [-0.15, -0.1) is 0 Å². The zero-order chi connectivity index (χ0) is 19.5. The Morgan fingerprint density at radius 3 is 2.68 bits per heavy atom. The average molecular weight is 395 g/mol. The summed E-state index contributed by atoms with van der Waals surface area (Å²) in [7, 11) is 3.44. The Morgan fingerprint density at radius 1 is 1.11 bits per heavy atom. The Balaban J connectivity index is 1.65. The summed E-state index contributed by atoms with van der Waals surface area (Å²) in [5.74, 6) is 1.78. The van der Waals surface area contributed by atoms with Gasteiger partial charge in [0, 0.05) is 19.3 Å². The molecule has 0 bridgehead atoms. The van der Waals surface area contributed by atoms with E-state index in [0.717, 1.165) is 22.3 Å². The van der Waals surface area contributed by atoms with Crippen LogP contribution in [0.4, 0.5) is 17.5 Å². The highest BCUT2D eigenvalue weighted by Crippen LogP contribution is 2.30. The van der Waals surface area contributed by atoms with E-state index in [-0.39, 0.29) is 0 Å². The van der Waals surface area contributed by atoms with Crippen LogP contribution in [0, 0.1) is 0 Å². The van der Waals surface area contributed by atoms with Gasteiger partial charge in [0.1, 0.15) is 11.6 Å². The quantitative estimate of drug-likeness (QED) is 0.505. The largest absolute Gasteiger partial charge is 0.495 e. The van der Waals surface area contributed by atoms with Crippen molar-refractivity contribution < 1.29 is 4.74 Å². The van der Waals surface area contributed by atoms with Crippen LogP contribution in [0.2, 0.25) is 5.02 Å². The van der Waals surface area contributed by atoms with Crippen LogP contribution in [0.5, 0.6) is 5.75 Å². The molecule has 8 heteroatoms.